The summed E-state index contributed by atoms with van der Waals surface area (Å²) < 4.78 is 40.9. The second-order valence-corrected chi connectivity index (χ2v) is 6.63. The minimum absolute atomic E-state index is 0.258. The predicted molar refractivity (Wildman–Crippen MR) is 77.6 cm³/mol. The first-order valence-electron chi connectivity index (χ1n) is 5.52. The van der Waals surface area contributed by atoms with Crippen molar-refractivity contribution in [2.45, 2.75) is 18.7 Å². The van der Waals surface area contributed by atoms with Crippen molar-refractivity contribution in [2.24, 2.45) is 0 Å². The van der Waals surface area contributed by atoms with E-state index in [1.807, 2.05) is 13.0 Å². The number of hydrogen-bond donors (Lipinski definition) is 0. The van der Waals surface area contributed by atoms with Crippen molar-refractivity contribution in [1.82, 2.24) is 0 Å². The second kappa shape index (κ2) is 5.95. The summed E-state index contributed by atoms with van der Waals surface area (Å²) in [5.41, 5.74) is 0.712. The van der Waals surface area contributed by atoms with Gasteiger partial charge in [-0.15, -0.1) is 36.1 Å². The lowest BCUT2D eigenvalue weighted by atomic mass is 10.1. The highest BCUT2D eigenvalue weighted by Crippen LogP contribution is 2.39. The molecule has 0 saturated carbocycles. The van der Waals surface area contributed by atoms with Crippen molar-refractivity contribution in [1.29, 1.82) is 0 Å². The van der Waals surface area contributed by atoms with Gasteiger partial charge in [0.25, 0.3) is 0 Å². The Morgan fingerprint density at radius 2 is 1.85 bits per heavy atom. The molecule has 1 aromatic heterocycles. The van der Waals surface area contributed by atoms with Gasteiger partial charge in [-0.1, -0.05) is 12.1 Å². The average molecular weight is 386 g/mol. The molecule has 0 aliphatic rings. The molecule has 7 heteroatoms. The maximum atomic E-state index is 12.1. The van der Waals surface area contributed by atoms with Crippen LogP contribution >= 0.6 is 38.9 Å². The number of hydrogen-bond acceptors (Lipinski definition) is 2. The van der Waals surface area contributed by atoms with Crippen LogP contribution in [0.2, 0.25) is 0 Å². The predicted octanol–water partition coefficient (Wildman–Crippen LogP) is 6.05. The molecule has 0 spiro atoms. The molecule has 0 bridgehead atoms. The van der Waals surface area contributed by atoms with Crippen molar-refractivity contribution in [3.05, 3.63) is 50.1 Å². The highest BCUT2D eigenvalue weighted by atomic mass is 79.9. The Hall–Kier alpha value is -0.720. The number of aryl methyl sites for hydroxylation is 1. The largest absolute Gasteiger partial charge is 0.573 e. The van der Waals surface area contributed by atoms with Gasteiger partial charge in [0, 0.05) is 14.2 Å². The molecule has 2 aromatic rings. The van der Waals surface area contributed by atoms with Crippen LogP contribution in [0.5, 0.6) is 5.75 Å². The first kappa shape index (κ1) is 15.7. The van der Waals surface area contributed by atoms with Gasteiger partial charge in [-0.3, -0.25) is 0 Å². The van der Waals surface area contributed by atoms with Gasteiger partial charge in [0.15, 0.2) is 0 Å². The van der Waals surface area contributed by atoms with Crippen LogP contribution in [0.1, 0.15) is 20.7 Å². The Balaban J connectivity index is 2.19. The van der Waals surface area contributed by atoms with E-state index < -0.39 is 11.7 Å². The number of benzene rings is 1. The standard InChI is InChI=1S/C13H9BrClF3OS/c1-7-6-10(14)12(20-7)11(15)8-2-4-9(5-3-8)19-13(16,17)18/h2-6,11H,1H3. The number of ether oxygens (including phenoxy) is 1. The summed E-state index contributed by atoms with van der Waals surface area (Å²) in [6.45, 7) is 1.96. The third-order valence-corrected chi connectivity index (χ3v) is 5.11. The molecule has 0 saturated heterocycles. The van der Waals surface area contributed by atoms with Crippen molar-refractivity contribution in [3.63, 3.8) is 0 Å². The van der Waals surface area contributed by atoms with Crippen molar-refractivity contribution in [3.8, 4) is 5.75 Å². The fourth-order valence-corrected chi connectivity index (χ4v) is 4.08. The quantitative estimate of drug-likeness (QED) is 0.585. The zero-order valence-corrected chi connectivity index (χ0v) is 13.3. The van der Waals surface area contributed by atoms with Gasteiger partial charge in [0.05, 0.1) is 5.38 Å². The molecule has 0 radical (unpaired) electrons. The van der Waals surface area contributed by atoms with E-state index in [1.54, 1.807) is 11.3 Å². The molecule has 0 amide bonds. The smallest absolute Gasteiger partial charge is 0.406 e. The third kappa shape index (κ3) is 3.90. The van der Waals surface area contributed by atoms with Crippen molar-refractivity contribution >= 4 is 38.9 Å². The van der Waals surface area contributed by atoms with Gasteiger partial charge in [0.2, 0.25) is 0 Å². The van der Waals surface area contributed by atoms with Crippen LogP contribution in [0, 0.1) is 6.92 Å². The van der Waals surface area contributed by atoms with Gasteiger partial charge < -0.3 is 4.74 Å². The Bertz CT molecular complexity index is 595. The summed E-state index contributed by atoms with van der Waals surface area (Å²) in [5.74, 6) is -0.258. The average Bonchev–Trinajstić information content (AvgIpc) is 2.66. The third-order valence-electron chi connectivity index (χ3n) is 2.47. The first-order valence-corrected chi connectivity index (χ1v) is 7.56. The monoisotopic (exact) mass is 384 g/mol. The molecule has 0 aliphatic heterocycles. The summed E-state index contributed by atoms with van der Waals surface area (Å²) in [5, 5.41) is -0.414. The highest BCUT2D eigenvalue weighted by Gasteiger charge is 2.31. The molecule has 0 aliphatic carbocycles. The molecular weight excluding hydrogens is 377 g/mol. The Morgan fingerprint density at radius 3 is 2.30 bits per heavy atom. The van der Waals surface area contributed by atoms with Crippen LogP contribution in [0.25, 0.3) is 0 Å². The summed E-state index contributed by atoms with van der Waals surface area (Å²) in [6.07, 6.45) is -4.68. The van der Waals surface area contributed by atoms with Crippen LogP contribution in [0.15, 0.2) is 34.8 Å². The minimum Gasteiger partial charge on any atom is -0.406 e. The number of alkyl halides is 4. The minimum atomic E-state index is -4.68. The van der Waals surface area contributed by atoms with E-state index in [0.29, 0.717) is 5.56 Å². The molecule has 1 aromatic carbocycles. The summed E-state index contributed by atoms with van der Waals surface area (Å²) in [4.78, 5) is 2.03. The summed E-state index contributed by atoms with van der Waals surface area (Å²) in [6, 6.07) is 7.52. The Morgan fingerprint density at radius 1 is 1.25 bits per heavy atom. The molecule has 1 heterocycles. The molecule has 1 unspecified atom stereocenters. The van der Waals surface area contributed by atoms with Gasteiger partial charge in [-0.25, -0.2) is 0 Å². The number of halogens is 5. The molecule has 2 rings (SSSR count). The molecule has 0 N–H and O–H groups in total. The zero-order chi connectivity index (χ0) is 14.9. The number of rotatable bonds is 3. The Kier molecular flexibility index (Phi) is 4.66. The lowest BCUT2D eigenvalue weighted by Gasteiger charge is -2.11. The number of thiophene rings is 1. The lowest BCUT2D eigenvalue weighted by molar-refractivity contribution is -0.274. The zero-order valence-electron chi connectivity index (χ0n) is 10.2. The van der Waals surface area contributed by atoms with Gasteiger partial charge >= 0.3 is 6.36 Å². The lowest BCUT2D eigenvalue weighted by Crippen LogP contribution is -2.17. The van der Waals surface area contributed by atoms with E-state index >= 15 is 0 Å². The van der Waals surface area contributed by atoms with E-state index in [2.05, 4.69) is 20.7 Å². The van der Waals surface area contributed by atoms with Crippen LogP contribution < -0.4 is 4.74 Å². The van der Waals surface area contributed by atoms with Gasteiger partial charge in [-0.2, -0.15) is 0 Å². The van der Waals surface area contributed by atoms with Crippen LogP contribution in [-0.4, -0.2) is 6.36 Å². The molecule has 0 fully saturated rings. The summed E-state index contributed by atoms with van der Waals surface area (Å²) >= 11 is 11.3. The SMILES string of the molecule is Cc1cc(Br)c(C(Cl)c2ccc(OC(F)(F)F)cc2)s1. The van der Waals surface area contributed by atoms with Gasteiger partial charge in [-0.05, 0) is 46.6 Å². The molecule has 1 nitrogen and oxygen atoms in total. The van der Waals surface area contributed by atoms with E-state index in [1.165, 1.54) is 24.3 Å². The highest BCUT2D eigenvalue weighted by molar-refractivity contribution is 9.10. The van der Waals surface area contributed by atoms with E-state index in [-0.39, 0.29) is 5.75 Å². The Labute approximate surface area is 131 Å². The van der Waals surface area contributed by atoms with Crippen molar-refractivity contribution < 1.29 is 17.9 Å². The maximum Gasteiger partial charge on any atom is 0.573 e. The van der Waals surface area contributed by atoms with Crippen LogP contribution in [0.3, 0.4) is 0 Å². The van der Waals surface area contributed by atoms with Crippen molar-refractivity contribution in [2.75, 3.05) is 0 Å². The fraction of sp³-hybridized carbons (Fsp3) is 0.231. The first-order chi connectivity index (χ1) is 9.26. The summed E-state index contributed by atoms with van der Waals surface area (Å²) in [7, 11) is 0. The molecule has 20 heavy (non-hydrogen) atoms. The maximum absolute atomic E-state index is 12.1. The van der Waals surface area contributed by atoms with E-state index in [0.717, 1.165) is 14.2 Å². The molecular formula is C13H9BrClF3OS. The second-order valence-electron chi connectivity index (χ2n) is 4.05. The van der Waals surface area contributed by atoms with Crippen LogP contribution in [-0.2, 0) is 0 Å². The fourth-order valence-electron chi connectivity index (χ4n) is 1.66. The van der Waals surface area contributed by atoms with Gasteiger partial charge in [0.1, 0.15) is 5.75 Å². The topological polar surface area (TPSA) is 9.23 Å². The van der Waals surface area contributed by atoms with Crippen LogP contribution in [0.4, 0.5) is 13.2 Å². The molecule has 1 atom stereocenters. The normalized spacial score (nSPS) is 13.3. The van der Waals surface area contributed by atoms with E-state index in [9.17, 15) is 13.2 Å². The molecule has 108 valence electrons. The van der Waals surface area contributed by atoms with E-state index in [4.69, 9.17) is 11.6 Å².